The second-order valence-corrected chi connectivity index (χ2v) is 7.51. The molecule has 0 aliphatic rings. The molecule has 6 nitrogen and oxygen atoms in total. The van der Waals surface area contributed by atoms with Crippen LogP contribution in [-0.4, -0.2) is 25.5 Å². The third-order valence-electron chi connectivity index (χ3n) is 4.70. The molecule has 0 unspecified atom stereocenters. The summed E-state index contributed by atoms with van der Waals surface area (Å²) in [5.41, 5.74) is 11.4. The zero-order valence-corrected chi connectivity index (χ0v) is 17.4. The third-order valence-corrected chi connectivity index (χ3v) is 5.03. The van der Waals surface area contributed by atoms with Crippen LogP contribution >= 0.6 is 11.6 Å². The number of ketones is 1. The third kappa shape index (κ3) is 3.95. The number of halogens is 1. The van der Waals surface area contributed by atoms with Crippen LogP contribution < -0.4 is 5.73 Å². The van der Waals surface area contributed by atoms with Crippen LogP contribution in [0.4, 0.5) is 5.82 Å². The van der Waals surface area contributed by atoms with Crippen LogP contribution in [0.1, 0.15) is 18.2 Å². The van der Waals surface area contributed by atoms with Crippen LogP contribution in [-0.2, 0) is 11.2 Å². The molecule has 0 aliphatic heterocycles. The highest BCUT2D eigenvalue weighted by molar-refractivity contribution is 6.33. The van der Waals surface area contributed by atoms with Gasteiger partial charge in [0.15, 0.2) is 0 Å². The molecule has 4 aromatic rings. The SMILES string of the molecule is CC(=O)Cc1cc(-n2cc(-c3cccc(N)n3)c(-c3ccccc3Cl)n2)c(C)cn1. The van der Waals surface area contributed by atoms with Crippen molar-refractivity contribution in [2.45, 2.75) is 20.3 Å². The van der Waals surface area contributed by atoms with Gasteiger partial charge >= 0.3 is 0 Å². The Kier molecular flexibility index (Phi) is 5.33. The molecule has 2 N–H and O–H groups in total. The maximum absolute atomic E-state index is 11.5. The van der Waals surface area contributed by atoms with E-state index in [0.717, 1.165) is 22.4 Å². The standard InChI is InChI=1S/C23H20ClN5O/c1-14-12-26-16(10-15(2)30)11-21(14)29-13-18(20-8-5-9-22(25)27-20)23(28-29)17-6-3-4-7-19(17)24/h3-9,11-13H,10H2,1-2H3,(H2,25,27). The summed E-state index contributed by atoms with van der Waals surface area (Å²) in [6, 6.07) is 14.9. The van der Waals surface area contributed by atoms with Gasteiger partial charge in [0.2, 0.25) is 0 Å². The largest absolute Gasteiger partial charge is 0.384 e. The molecule has 0 atom stereocenters. The van der Waals surface area contributed by atoms with Crippen LogP contribution in [0, 0.1) is 6.92 Å². The quantitative estimate of drug-likeness (QED) is 0.509. The van der Waals surface area contributed by atoms with E-state index in [0.29, 0.717) is 27.9 Å². The number of rotatable bonds is 5. The molecule has 3 aromatic heterocycles. The van der Waals surface area contributed by atoms with Crippen LogP contribution in [0.25, 0.3) is 28.2 Å². The van der Waals surface area contributed by atoms with Gasteiger partial charge < -0.3 is 5.73 Å². The van der Waals surface area contributed by atoms with E-state index in [1.807, 2.05) is 55.6 Å². The number of nitrogen functional groups attached to an aromatic ring is 1. The van der Waals surface area contributed by atoms with Crippen molar-refractivity contribution in [2.24, 2.45) is 0 Å². The Morgan fingerprint density at radius 1 is 1.13 bits per heavy atom. The molecule has 0 bridgehead atoms. The highest BCUT2D eigenvalue weighted by Crippen LogP contribution is 2.35. The lowest BCUT2D eigenvalue weighted by molar-refractivity contribution is -0.116. The smallest absolute Gasteiger partial charge is 0.135 e. The summed E-state index contributed by atoms with van der Waals surface area (Å²) in [7, 11) is 0. The molecule has 0 radical (unpaired) electrons. The average molecular weight is 418 g/mol. The molecule has 0 saturated carbocycles. The Bertz CT molecular complexity index is 1250. The van der Waals surface area contributed by atoms with Gasteiger partial charge in [0, 0.05) is 35.6 Å². The summed E-state index contributed by atoms with van der Waals surface area (Å²) in [5.74, 6) is 0.480. The zero-order chi connectivity index (χ0) is 21.3. The summed E-state index contributed by atoms with van der Waals surface area (Å²) in [5, 5.41) is 5.43. The van der Waals surface area contributed by atoms with E-state index in [1.54, 1.807) is 23.9 Å². The van der Waals surface area contributed by atoms with Gasteiger partial charge in [-0.15, -0.1) is 0 Å². The number of anilines is 1. The lowest BCUT2D eigenvalue weighted by Gasteiger charge is -2.08. The highest BCUT2D eigenvalue weighted by atomic mass is 35.5. The summed E-state index contributed by atoms with van der Waals surface area (Å²) in [4.78, 5) is 20.4. The van der Waals surface area contributed by atoms with Crippen LogP contribution in [0.15, 0.2) is 60.9 Å². The second kappa shape index (κ2) is 8.08. The van der Waals surface area contributed by atoms with Crippen molar-refractivity contribution < 1.29 is 4.79 Å². The fraction of sp³-hybridized carbons (Fsp3) is 0.130. The maximum atomic E-state index is 11.5. The van der Waals surface area contributed by atoms with Crippen molar-refractivity contribution in [1.82, 2.24) is 19.7 Å². The molecular weight excluding hydrogens is 398 g/mol. The number of aromatic nitrogens is 4. The van der Waals surface area contributed by atoms with E-state index >= 15 is 0 Å². The van der Waals surface area contributed by atoms with Crippen molar-refractivity contribution in [2.75, 3.05) is 5.73 Å². The van der Waals surface area contributed by atoms with E-state index in [-0.39, 0.29) is 12.2 Å². The monoisotopic (exact) mass is 417 g/mol. The molecule has 0 spiro atoms. The van der Waals surface area contributed by atoms with Gasteiger partial charge in [-0.2, -0.15) is 5.10 Å². The van der Waals surface area contributed by atoms with Crippen molar-refractivity contribution in [3.05, 3.63) is 77.2 Å². The number of carbonyl (C=O) groups excluding carboxylic acids is 1. The van der Waals surface area contributed by atoms with Gasteiger partial charge in [-0.3, -0.25) is 9.78 Å². The first kappa shape index (κ1) is 19.8. The Hall–Kier alpha value is -3.51. The lowest BCUT2D eigenvalue weighted by atomic mass is 10.1. The first-order valence-corrected chi connectivity index (χ1v) is 9.83. The lowest BCUT2D eigenvalue weighted by Crippen LogP contribution is -2.04. The topological polar surface area (TPSA) is 86.7 Å². The molecule has 0 aliphatic carbocycles. The van der Waals surface area contributed by atoms with Crippen molar-refractivity contribution in [3.63, 3.8) is 0 Å². The number of benzene rings is 1. The van der Waals surface area contributed by atoms with E-state index < -0.39 is 0 Å². The Balaban J connectivity index is 1.92. The van der Waals surface area contributed by atoms with Crippen molar-refractivity contribution in [3.8, 4) is 28.2 Å². The van der Waals surface area contributed by atoms with Gasteiger partial charge in [-0.05, 0) is 43.7 Å². The molecule has 0 amide bonds. The van der Waals surface area contributed by atoms with Gasteiger partial charge in [0.1, 0.15) is 17.3 Å². The van der Waals surface area contributed by atoms with Crippen LogP contribution in [0.5, 0.6) is 0 Å². The van der Waals surface area contributed by atoms with E-state index in [4.69, 9.17) is 22.4 Å². The van der Waals surface area contributed by atoms with Crippen LogP contribution in [0.2, 0.25) is 5.02 Å². The maximum Gasteiger partial charge on any atom is 0.135 e. The molecule has 3 heterocycles. The number of carbonyl (C=O) groups is 1. The number of Topliss-reactive ketones (excluding diaryl/α,β-unsaturated/α-hetero) is 1. The van der Waals surface area contributed by atoms with Gasteiger partial charge in [0.05, 0.1) is 16.4 Å². The minimum atomic E-state index is 0.0548. The highest BCUT2D eigenvalue weighted by Gasteiger charge is 2.18. The van der Waals surface area contributed by atoms with Crippen molar-refractivity contribution >= 4 is 23.2 Å². The summed E-state index contributed by atoms with van der Waals surface area (Å²) in [6.07, 6.45) is 3.93. The predicted molar refractivity (Wildman–Crippen MR) is 119 cm³/mol. The molecule has 0 saturated heterocycles. The summed E-state index contributed by atoms with van der Waals surface area (Å²) < 4.78 is 1.78. The first-order chi connectivity index (χ1) is 14.4. The minimum Gasteiger partial charge on any atom is -0.384 e. The van der Waals surface area contributed by atoms with Gasteiger partial charge in [-0.1, -0.05) is 35.9 Å². The Morgan fingerprint density at radius 3 is 2.67 bits per heavy atom. The van der Waals surface area contributed by atoms with Gasteiger partial charge in [0.25, 0.3) is 0 Å². The first-order valence-electron chi connectivity index (χ1n) is 9.45. The number of nitrogens with two attached hydrogens (primary N) is 1. The fourth-order valence-corrected chi connectivity index (χ4v) is 3.52. The number of aryl methyl sites for hydroxylation is 1. The average Bonchev–Trinajstić information content (AvgIpc) is 3.14. The predicted octanol–water partition coefficient (Wildman–Crippen LogP) is 4.67. The number of hydrogen-bond acceptors (Lipinski definition) is 5. The molecule has 7 heteroatoms. The molecule has 0 fully saturated rings. The number of hydrogen-bond donors (Lipinski definition) is 1. The molecule has 150 valence electrons. The Morgan fingerprint density at radius 2 is 1.93 bits per heavy atom. The normalized spacial score (nSPS) is 10.9. The van der Waals surface area contributed by atoms with Gasteiger partial charge in [-0.25, -0.2) is 9.67 Å². The molecule has 1 aromatic carbocycles. The molecular formula is C23H20ClN5O. The second-order valence-electron chi connectivity index (χ2n) is 7.10. The summed E-state index contributed by atoms with van der Waals surface area (Å²) >= 11 is 6.48. The fourth-order valence-electron chi connectivity index (χ4n) is 3.29. The summed E-state index contributed by atoms with van der Waals surface area (Å²) in [6.45, 7) is 3.50. The Labute approximate surface area is 179 Å². The van der Waals surface area contributed by atoms with E-state index in [1.165, 1.54) is 0 Å². The zero-order valence-electron chi connectivity index (χ0n) is 16.6. The minimum absolute atomic E-state index is 0.0548. The van der Waals surface area contributed by atoms with Crippen molar-refractivity contribution in [1.29, 1.82) is 0 Å². The van der Waals surface area contributed by atoms with Crippen LogP contribution in [0.3, 0.4) is 0 Å². The van der Waals surface area contributed by atoms with E-state index in [2.05, 4.69) is 9.97 Å². The van der Waals surface area contributed by atoms with E-state index in [9.17, 15) is 4.79 Å². The molecule has 30 heavy (non-hydrogen) atoms. The molecule has 4 rings (SSSR count). The number of nitrogens with zero attached hydrogens (tertiary/aromatic N) is 4. The number of pyridine rings is 2.